The van der Waals surface area contributed by atoms with Gasteiger partial charge >= 0.3 is 5.97 Å². The van der Waals surface area contributed by atoms with E-state index in [1.54, 1.807) is 25.1 Å². The quantitative estimate of drug-likeness (QED) is 0.663. The maximum atomic E-state index is 11.8. The van der Waals surface area contributed by atoms with E-state index in [1.807, 2.05) is 13.8 Å². The number of hydrogen-bond donors (Lipinski definition) is 3. The van der Waals surface area contributed by atoms with Crippen LogP contribution in [0.25, 0.3) is 0 Å². The second kappa shape index (κ2) is 9.89. The molecule has 0 bridgehead atoms. The van der Waals surface area contributed by atoms with E-state index in [9.17, 15) is 14.4 Å². The molecule has 0 aliphatic carbocycles. The van der Waals surface area contributed by atoms with E-state index < -0.39 is 12.0 Å². The van der Waals surface area contributed by atoms with Gasteiger partial charge in [-0.25, -0.2) is 4.79 Å². The lowest BCUT2D eigenvalue weighted by Crippen LogP contribution is -2.46. The molecule has 1 atom stereocenters. The molecule has 8 heteroatoms. The summed E-state index contributed by atoms with van der Waals surface area (Å²) in [5, 5.41) is 5.13. The smallest absolute Gasteiger partial charge is 0.338 e. The first kappa shape index (κ1) is 21.9. The molecule has 0 aromatic heterocycles. The molecule has 24 heavy (non-hydrogen) atoms. The Morgan fingerprint density at radius 2 is 1.88 bits per heavy atom. The Balaban J connectivity index is 0.00000529. The Kier molecular flexibility index (Phi) is 9.02. The maximum absolute atomic E-state index is 11.8. The van der Waals surface area contributed by atoms with Crippen molar-refractivity contribution in [3.05, 3.63) is 29.3 Å². The lowest BCUT2D eigenvalue weighted by molar-refractivity contribution is -0.125. The zero-order valence-electron chi connectivity index (χ0n) is 14.2. The van der Waals surface area contributed by atoms with Crippen LogP contribution in [0.2, 0.25) is 0 Å². The SMILES string of the molecule is COC(=O)c1ccc(NC(=O)CNC(=O)[C@@H](N)C(C)C)cc1C.Cl. The molecule has 0 saturated heterocycles. The zero-order chi connectivity index (χ0) is 17.6. The van der Waals surface area contributed by atoms with E-state index in [0.717, 1.165) is 0 Å². The van der Waals surface area contributed by atoms with Gasteiger partial charge in [-0.15, -0.1) is 12.4 Å². The number of hydrogen-bond acceptors (Lipinski definition) is 5. The van der Waals surface area contributed by atoms with E-state index in [-0.39, 0.29) is 36.7 Å². The minimum atomic E-state index is -0.649. The minimum Gasteiger partial charge on any atom is -0.465 e. The minimum absolute atomic E-state index is 0. The number of ether oxygens (including phenoxy) is 1. The van der Waals surface area contributed by atoms with Gasteiger partial charge in [-0.05, 0) is 36.6 Å². The molecule has 0 aliphatic rings. The average Bonchev–Trinajstić information content (AvgIpc) is 2.51. The Morgan fingerprint density at radius 1 is 1.25 bits per heavy atom. The van der Waals surface area contributed by atoms with Crippen molar-refractivity contribution < 1.29 is 19.1 Å². The molecule has 0 saturated carbocycles. The third-order valence-corrected chi connectivity index (χ3v) is 3.36. The van der Waals surface area contributed by atoms with Crippen molar-refractivity contribution in [2.45, 2.75) is 26.8 Å². The number of amides is 2. The summed E-state index contributed by atoms with van der Waals surface area (Å²) in [7, 11) is 1.31. The van der Waals surface area contributed by atoms with Gasteiger partial charge in [0.05, 0.1) is 25.3 Å². The number of anilines is 1. The molecule has 0 fully saturated rings. The number of halogens is 1. The number of nitrogens with one attached hydrogen (secondary N) is 2. The summed E-state index contributed by atoms with van der Waals surface area (Å²) in [6, 6.07) is 4.18. The summed E-state index contributed by atoms with van der Waals surface area (Å²) >= 11 is 0. The highest BCUT2D eigenvalue weighted by molar-refractivity contribution is 5.96. The first-order valence-corrected chi connectivity index (χ1v) is 7.28. The van der Waals surface area contributed by atoms with Crippen molar-refractivity contribution in [1.29, 1.82) is 0 Å². The second-order valence-electron chi connectivity index (χ2n) is 5.56. The lowest BCUT2D eigenvalue weighted by Gasteiger charge is -2.15. The van der Waals surface area contributed by atoms with Crippen LogP contribution in [0.1, 0.15) is 29.8 Å². The summed E-state index contributed by atoms with van der Waals surface area (Å²) in [6.45, 7) is 5.23. The molecule has 0 aliphatic heterocycles. The molecule has 1 aromatic carbocycles. The molecule has 0 unspecified atom stereocenters. The number of methoxy groups -OCH3 is 1. The van der Waals surface area contributed by atoms with Crippen LogP contribution in [0, 0.1) is 12.8 Å². The number of esters is 1. The van der Waals surface area contributed by atoms with Gasteiger partial charge in [-0.1, -0.05) is 13.8 Å². The molecular weight excluding hydrogens is 334 g/mol. The Morgan fingerprint density at radius 3 is 2.38 bits per heavy atom. The maximum Gasteiger partial charge on any atom is 0.338 e. The number of carbonyl (C=O) groups excluding carboxylic acids is 3. The van der Waals surface area contributed by atoms with Gasteiger partial charge in [0.25, 0.3) is 0 Å². The summed E-state index contributed by atoms with van der Waals surface area (Å²) in [5.74, 6) is -1.19. The fourth-order valence-electron chi connectivity index (χ4n) is 1.87. The van der Waals surface area contributed by atoms with Crippen LogP contribution in [0.4, 0.5) is 5.69 Å². The number of aryl methyl sites for hydroxylation is 1. The second-order valence-corrected chi connectivity index (χ2v) is 5.56. The molecular formula is C16H24ClN3O4. The van der Waals surface area contributed by atoms with Crippen molar-refractivity contribution in [3.63, 3.8) is 0 Å². The van der Waals surface area contributed by atoms with Crippen LogP contribution in [0.5, 0.6) is 0 Å². The molecule has 0 spiro atoms. The Hall–Kier alpha value is -2.12. The average molecular weight is 358 g/mol. The molecule has 0 radical (unpaired) electrons. The Bertz CT molecular complexity index is 605. The highest BCUT2D eigenvalue weighted by Crippen LogP contribution is 2.15. The first-order valence-electron chi connectivity index (χ1n) is 7.28. The van der Waals surface area contributed by atoms with Crippen molar-refractivity contribution in [2.75, 3.05) is 19.0 Å². The topological polar surface area (TPSA) is 111 Å². The molecule has 0 heterocycles. The van der Waals surface area contributed by atoms with Gasteiger partial charge in [0, 0.05) is 5.69 Å². The van der Waals surface area contributed by atoms with Gasteiger partial charge in [0.1, 0.15) is 0 Å². The predicted molar refractivity (Wildman–Crippen MR) is 94.2 cm³/mol. The Labute approximate surface area is 147 Å². The van der Waals surface area contributed by atoms with E-state index in [0.29, 0.717) is 16.8 Å². The number of carbonyl (C=O) groups is 3. The summed E-state index contributed by atoms with van der Waals surface area (Å²) in [5.41, 5.74) is 7.33. The standard InChI is InChI=1S/C16H23N3O4.ClH/c1-9(2)14(17)15(21)18-8-13(20)19-11-5-6-12(10(3)7-11)16(22)23-4;/h5-7,9,14H,8,17H2,1-4H3,(H,18,21)(H,19,20);1H/t14-;/m0./s1. The van der Waals surface area contributed by atoms with Crippen LogP contribution in [-0.2, 0) is 14.3 Å². The highest BCUT2D eigenvalue weighted by atomic mass is 35.5. The monoisotopic (exact) mass is 357 g/mol. The molecule has 1 aromatic rings. The number of benzene rings is 1. The van der Waals surface area contributed by atoms with Crippen molar-refractivity contribution in [1.82, 2.24) is 5.32 Å². The molecule has 134 valence electrons. The van der Waals surface area contributed by atoms with Crippen LogP contribution in [-0.4, -0.2) is 37.5 Å². The summed E-state index contributed by atoms with van der Waals surface area (Å²) < 4.78 is 4.66. The number of nitrogens with two attached hydrogens (primary N) is 1. The lowest BCUT2D eigenvalue weighted by atomic mass is 10.1. The van der Waals surface area contributed by atoms with E-state index in [4.69, 9.17) is 5.73 Å². The van der Waals surface area contributed by atoms with E-state index in [1.165, 1.54) is 7.11 Å². The van der Waals surface area contributed by atoms with E-state index >= 15 is 0 Å². The molecule has 2 amide bonds. The zero-order valence-corrected chi connectivity index (χ0v) is 15.0. The predicted octanol–water partition coefficient (Wildman–Crippen LogP) is 1.24. The fraction of sp³-hybridized carbons (Fsp3) is 0.438. The van der Waals surface area contributed by atoms with Gasteiger partial charge in [-0.2, -0.15) is 0 Å². The van der Waals surface area contributed by atoms with Crippen LogP contribution >= 0.6 is 12.4 Å². The highest BCUT2D eigenvalue weighted by Gasteiger charge is 2.17. The van der Waals surface area contributed by atoms with Gasteiger partial charge < -0.3 is 21.1 Å². The fourth-order valence-corrected chi connectivity index (χ4v) is 1.87. The third-order valence-electron chi connectivity index (χ3n) is 3.36. The largest absolute Gasteiger partial charge is 0.465 e. The summed E-state index contributed by atoms with van der Waals surface area (Å²) in [4.78, 5) is 35.0. The third kappa shape index (κ3) is 6.17. The van der Waals surface area contributed by atoms with Crippen LogP contribution in [0.3, 0.4) is 0 Å². The molecule has 7 nitrogen and oxygen atoms in total. The van der Waals surface area contributed by atoms with Crippen molar-refractivity contribution in [2.24, 2.45) is 11.7 Å². The van der Waals surface area contributed by atoms with Gasteiger partial charge in [0.2, 0.25) is 11.8 Å². The van der Waals surface area contributed by atoms with Crippen LogP contribution in [0.15, 0.2) is 18.2 Å². The summed E-state index contributed by atoms with van der Waals surface area (Å²) in [6.07, 6.45) is 0. The first-order chi connectivity index (χ1) is 10.8. The number of rotatable bonds is 6. The van der Waals surface area contributed by atoms with Gasteiger partial charge in [-0.3, -0.25) is 9.59 Å². The van der Waals surface area contributed by atoms with E-state index in [2.05, 4.69) is 15.4 Å². The molecule has 4 N–H and O–H groups in total. The molecule has 1 rings (SSSR count). The normalized spacial score (nSPS) is 11.2. The van der Waals surface area contributed by atoms with Crippen molar-refractivity contribution in [3.8, 4) is 0 Å². The van der Waals surface area contributed by atoms with Gasteiger partial charge in [0.15, 0.2) is 0 Å². The van der Waals surface area contributed by atoms with Crippen LogP contribution < -0.4 is 16.4 Å². The van der Waals surface area contributed by atoms with Crippen molar-refractivity contribution >= 4 is 35.9 Å².